The van der Waals surface area contributed by atoms with Crippen LogP contribution in [0.15, 0.2) is 43.0 Å². The number of aromatic nitrogens is 3. The molecule has 0 spiro atoms. The van der Waals surface area contributed by atoms with E-state index in [1.165, 1.54) is 5.56 Å². The summed E-state index contributed by atoms with van der Waals surface area (Å²) < 4.78 is 2.07. The monoisotopic (exact) mass is 268 g/mol. The lowest BCUT2D eigenvalue weighted by atomic mass is 10.2. The van der Waals surface area contributed by atoms with Crippen LogP contribution in [-0.4, -0.2) is 19.5 Å². The third kappa shape index (κ3) is 2.35. The van der Waals surface area contributed by atoms with Crippen LogP contribution in [0.2, 0.25) is 0 Å². The summed E-state index contributed by atoms with van der Waals surface area (Å²) in [6.45, 7) is 2.68. The van der Waals surface area contributed by atoms with Gasteiger partial charge in [-0.1, -0.05) is 6.07 Å². The first-order valence-electron chi connectivity index (χ1n) is 6.48. The number of hydrogen-bond donors (Lipinski definition) is 2. The van der Waals surface area contributed by atoms with Gasteiger partial charge >= 0.3 is 0 Å². The maximum Gasteiger partial charge on any atom is 0.136 e. The smallest absolute Gasteiger partial charge is 0.136 e. The Hall–Kier alpha value is -2.40. The number of pyridine rings is 2. The van der Waals surface area contributed by atoms with Crippen molar-refractivity contribution >= 4 is 11.3 Å². The van der Waals surface area contributed by atoms with Crippen LogP contribution in [0.4, 0.5) is 5.69 Å². The highest BCUT2D eigenvalue weighted by atomic mass is 16.3. The van der Waals surface area contributed by atoms with E-state index in [0.717, 1.165) is 22.6 Å². The second-order valence-electron chi connectivity index (χ2n) is 4.73. The molecule has 5 nitrogen and oxygen atoms in total. The van der Waals surface area contributed by atoms with Crippen molar-refractivity contribution in [1.29, 1.82) is 0 Å². The normalized spacial score (nSPS) is 10.9. The number of nitrogens with zero attached hydrogens (tertiary/aromatic N) is 3. The number of rotatable bonds is 4. The second kappa shape index (κ2) is 5.30. The quantitative estimate of drug-likeness (QED) is 0.761. The largest absolute Gasteiger partial charge is 0.392 e. The summed E-state index contributed by atoms with van der Waals surface area (Å²) >= 11 is 0. The minimum Gasteiger partial charge on any atom is -0.392 e. The summed E-state index contributed by atoms with van der Waals surface area (Å²) in [6, 6.07) is 5.85. The van der Waals surface area contributed by atoms with E-state index in [0.29, 0.717) is 6.54 Å². The molecule has 20 heavy (non-hydrogen) atoms. The van der Waals surface area contributed by atoms with Crippen molar-refractivity contribution in [3.05, 3.63) is 59.8 Å². The van der Waals surface area contributed by atoms with Crippen LogP contribution >= 0.6 is 0 Å². The molecule has 0 aliphatic rings. The highest BCUT2D eigenvalue weighted by molar-refractivity contribution is 5.49. The van der Waals surface area contributed by atoms with E-state index in [1.54, 1.807) is 18.5 Å². The Morgan fingerprint density at radius 1 is 1.25 bits per heavy atom. The number of imidazole rings is 1. The minimum atomic E-state index is -0.00286. The number of hydrogen-bond acceptors (Lipinski definition) is 4. The highest BCUT2D eigenvalue weighted by Crippen LogP contribution is 2.15. The van der Waals surface area contributed by atoms with Gasteiger partial charge in [-0.3, -0.25) is 4.98 Å². The zero-order chi connectivity index (χ0) is 13.9. The van der Waals surface area contributed by atoms with E-state index < -0.39 is 0 Å². The Labute approximate surface area is 116 Å². The topological polar surface area (TPSA) is 62.5 Å². The highest BCUT2D eigenvalue weighted by Gasteiger charge is 2.05. The van der Waals surface area contributed by atoms with Crippen molar-refractivity contribution in [3.8, 4) is 0 Å². The molecule has 0 atom stereocenters. The van der Waals surface area contributed by atoms with Crippen molar-refractivity contribution in [1.82, 2.24) is 14.4 Å². The van der Waals surface area contributed by atoms with Gasteiger partial charge in [0, 0.05) is 18.0 Å². The van der Waals surface area contributed by atoms with Crippen LogP contribution in [0.25, 0.3) is 5.65 Å². The molecule has 0 saturated heterocycles. The zero-order valence-electron chi connectivity index (χ0n) is 11.2. The lowest BCUT2D eigenvalue weighted by Gasteiger charge is -2.09. The maximum atomic E-state index is 9.30. The van der Waals surface area contributed by atoms with Crippen LogP contribution in [0.1, 0.15) is 16.8 Å². The summed E-state index contributed by atoms with van der Waals surface area (Å²) in [5.74, 6) is 0. The van der Waals surface area contributed by atoms with Crippen LogP contribution in [0, 0.1) is 6.92 Å². The molecule has 0 aliphatic heterocycles. The Balaban J connectivity index is 1.85. The molecule has 0 aromatic carbocycles. The fraction of sp³-hybridized carbons (Fsp3) is 0.200. The average molecular weight is 268 g/mol. The Morgan fingerprint density at radius 3 is 3.00 bits per heavy atom. The van der Waals surface area contributed by atoms with Gasteiger partial charge in [-0.25, -0.2) is 4.98 Å². The number of aliphatic hydroxyl groups is 1. The molecule has 0 bridgehead atoms. The first-order valence-corrected chi connectivity index (χ1v) is 6.48. The Morgan fingerprint density at radius 2 is 2.15 bits per heavy atom. The fourth-order valence-corrected chi connectivity index (χ4v) is 2.17. The summed E-state index contributed by atoms with van der Waals surface area (Å²) in [6.07, 6.45) is 7.32. The molecule has 0 fully saturated rings. The van der Waals surface area contributed by atoms with Gasteiger partial charge in [-0.05, 0) is 24.6 Å². The Bertz CT molecular complexity index is 736. The number of anilines is 1. The van der Waals surface area contributed by atoms with Crippen LogP contribution in [0.5, 0.6) is 0 Å². The molecule has 3 rings (SSSR count). The number of fused-ring (bicyclic) bond motifs is 1. The summed E-state index contributed by atoms with van der Waals surface area (Å²) in [7, 11) is 0. The molecule has 3 aromatic rings. The van der Waals surface area contributed by atoms with Gasteiger partial charge in [0.25, 0.3) is 0 Å². The standard InChI is InChI=1S/C15H16N4O/c1-11-2-3-15-18-7-13(19(15)9-11)6-17-14-8-16-5-4-12(14)10-20/h2-5,7-9,17,20H,6,10H2,1H3. The molecule has 0 unspecified atom stereocenters. The summed E-state index contributed by atoms with van der Waals surface area (Å²) in [4.78, 5) is 8.45. The van der Waals surface area contributed by atoms with E-state index in [9.17, 15) is 5.11 Å². The molecule has 0 aliphatic carbocycles. The summed E-state index contributed by atoms with van der Waals surface area (Å²) in [5.41, 5.74) is 4.87. The maximum absolute atomic E-state index is 9.30. The third-order valence-corrected chi connectivity index (χ3v) is 3.27. The predicted molar refractivity (Wildman–Crippen MR) is 77.4 cm³/mol. The first-order chi connectivity index (χ1) is 9.78. The lowest BCUT2D eigenvalue weighted by Crippen LogP contribution is -2.05. The zero-order valence-corrected chi connectivity index (χ0v) is 11.2. The van der Waals surface area contributed by atoms with Crippen molar-refractivity contribution in [3.63, 3.8) is 0 Å². The van der Waals surface area contributed by atoms with Crippen molar-refractivity contribution in [2.75, 3.05) is 5.32 Å². The van der Waals surface area contributed by atoms with Crippen molar-refractivity contribution in [2.24, 2.45) is 0 Å². The predicted octanol–water partition coefficient (Wildman–Crippen LogP) is 2.14. The molecule has 3 heterocycles. The molecule has 0 saturated carbocycles. The summed E-state index contributed by atoms with van der Waals surface area (Å²) in [5, 5.41) is 12.6. The van der Waals surface area contributed by atoms with Crippen LogP contribution in [0.3, 0.4) is 0 Å². The van der Waals surface area contributed by atoms with Gasteiger partial charge in [-0.15, -0.1) is 0 Å². The molecule has 3 aromatic heterocycles. The minimum absolute atomic E-state index is 0.00286. The average Bonchev–Trinajstić information content (AvgIpc) is 2.87. The van der Waals surface area contributed by atoms with E-state index in [-0.39, 0.29) is 6.61 Å². The van der Waals surface area contributed by atoms with E-state index in [4.69, 9.17) is 0 Å². The third-order valence-electron chi connectivity index (χ3n) is 3.27. The molecule has 5 heteroatoms. The number of aryl methyl sites for hydroxylation is 1. The molecular weight excluding hydrogens is 252 g/mol. The van der Waals surface area contributed by atoms with Gasteiger partial charge in [0.2, 0.25) is 0 Å². The van der Waals surface area contributed by atoms with Gasteiger partial charge in [-0.2, -0.15) is 0 Å². The molecule has 102 valence electrons. The lowest BCUT2D eigenvalue weighted by molar-refractivity contribution is 0.282. The van der Waals surface area contributed by atoms with Crippen molar-refractivity contribution in [2.45, 2.75) is 20.1 Å². The van der Waals surface area contributed by atoms with Crippen LogP contribution in [-0.2, 0) is 13.2 Å². The molecule has 0 amide bonds. The second-order valence-corrected chi connectivity index (χ2v) is 4.73. The SMILES string of the molecule is Cc1ccc2ncc(CNc3cnccc3CO)n2c1. The molecular formula is C15H16N4O. The molecule has 2 N–H and O–H groups in total. The number of aliphatic hydroxyl groups excluding tert-OH is 1. The van der Waals surface area contributed by atoms with E-state index in [1.807, 2.05) is 18.3 Å². The fourth-order valence-electron chi connectivity index (χ4n) is 2.17. The number of nitrogens with one attached hydrogen (secondary N) is 1. The van der Waals surface area contributed by atoms with Gasteiger partial charge in [0.05, 0.1) is 36.9 Å². The Kier molecular flexibility index (Phi) is 3.35. The van der Waals surface area contributed by atoms with Gasteiger partial charge < -0.3 is 14.8 Å². The van der Waals surface area contributed by atoms with Gasteiger partial charge in [0.15, 0.2) is 0 Å². The van der Waals surface area contributed by atoms with Crippen LogP contribution < -0.4 is 5.32 Å². The molecule has 0 radical (unpaired) electrons. The van der Waals surface area contributed by atoms with E-state index >= 15 is 0 Å². The van der Waals surface area contributed by atoms with E-state index in [2.05, 4.69) is 32.8 Å². The first kappa shape index (κ1) is 12.6. The van der Waals surface area contributed by atoms with Gasteiger partial charge in [0.1, 0.15) is 5.65 Å². The van der Waals surface area contributed by atoms with Crippen molar-refractivity contribution < 1.29 is 5.11 Å².